The van der Waals surface area contributed by atoms with Gasteiger partial charge in [-0.2, -0.15) is 12.7 Å². The largest absolute Gasteiger partial charge is 0.301 e. The topological polar surface area (TPSA) is 49.4 Å². The Morgan fingerprint density at radius 3 is 2.59 bits per heavy atom. The first kappa shape index (κ1) is 12.9. The Bertz CT molecular complexity index is 510. The van der Waals surface area contributed by atoms with Crippen molar-refractivity contribution in [1.29, 1.82) is 0 Å². The molecule has 4 nitrogen and oxygen atoms in total. The average molecular weight is 319 g/mol. The van der Waals surface area contributed by atoms with E-state index in [4.69, 9.17) is 0 Å². The summed E-state index contributed by atoms with van der Waals surface area (Å²) in [5.41, 5.74) is 1.60. The van der Waals surface area contributed by atoms with Gasteiger partial charge in [-0.15, -0.1) is 0 Å². The van der Waals surface area contributed by atoms with E-state index in [-0.39, 0.29) is 0 Å². The first-order chi connectivity index (χ1) is 8.00. The third kappa shape index (κ3) is 2.81. The Hall–Kier alpha value is -0.590. The summed E-state index contributed by atoms with van der Waals surface area (Å²) in [5.74, 6) is 0. The van der Waals surface area contributed by atoms with Crippen molar-refractivity contribution >= 4 is 31.8 Å². The van der Waals surface area contributed by atoms with E-state index in [2.05, 4.69) is 20.7 Å². The van der Waals surface area contributed by atoms with Gasteiger partial charge in [0.15, 0.2) is 0 Å². The highest BCUT2D eigenvalue weighted by Crippen LogP contribution is 2.27. The predicted octanol–water partition coefficient (Wildman–Crippen LogP) is 2.51. The summed E-state index contributed by atoms with van der Waals surface area (Å²) in [5, 5.41) is 0. The lowest BCUT2D eigenvalue weighted by Gasteiger charge is -2.18. The molecule has 0 unspecified atom stereocenters. The van der Waals surface area contributed by atoms with Gasteiger partial charge >= 0.3 is 10.2 Å². The second-order valence-corrected chi connectivity index (χ2v) is 6.61. The number of anilines is 1. The lowest BCUT2D eigenvalue weighted by molar-refractivity contribution is 0.482. The van der Waals surface area contributed by atoms with Gasteiger partial charge in [-0.3, -0.25) is 4.72 Å². The van der Waals surface area contributed by atoms with Crippen LogP contribution in [-0.2, 0) is 10.2 Å². The fourth-order valence-electron chi connectivity index (χ4n) is 1.86. The van der Waals surface area contributed by atoms with Crippen molar-refractivity contribution in [2.24, 2.45) is 0 Å². The number of rotatable bonds is 3. The molecule has 1 saturated heterocycles. The summed E-state index contributed by atoms with van der Waals surface area (Å²) >= 11 is 3.40. The first-order valence-electron chi connectivity index (χ1n) is 5.54. The van der Waals surface area contributed by atoms with Gasteiger partial charge < -0.3 is 0 Å². The highest BCUT2D eigenvalue weighted by atomic mass is 79.9. The van der Waals surface area contributed by atoms with Crippen LogP contribution in [0.5, 0.6) is 0 Å². The summed E-state index contributed by atoms with van der Waals surface area (Å²) in [6, 6.07) is 5.52. The SMILES string of the molecule is Cc1cccc(NS(=O)(=O)N2CCCC2)c1Br. The second kappa shape index (κ2) is 4.96. The van der Waals surface area contributed by atoms with Gasteiger partial charge in [-0.25, -0.2) is 0 Å². The number of hydrogen-bond acceptors (Lipinski definition) is 2. The molecule has 17 heavy (non-hydrogen) atoms. The number of hydrogen-bond donors (Lipinski definition) is 1. The molecule has 1 N–H and O–H groups in total. The number of nitrogens with zero attached hydrogens (tertiary/aromatic N) is 1. The molecule has 1 aromatic rings. The smallest absolute Gasteiger partial charge is 0.270 e. The maximum Gasteiger partial charge on any atom is 0.301 e. The molecule has 94 valence electrons. The monoisotopic (exact) mass is 318 g/mol. The molecule has 0 aromatic heterocycles. The van der Waals surface area contributed by atoms with Crippen LogP contribution in [0.15, 0.2) is 22.7 Å². The number of nitrogens with one attached hydrogen (secondary N) is 1. The molecule has 0 amide bonds. The van der Waals surface area contributed by atoms with Crippen molar-refractivity contribution in [2.45, 2.75) is 19.8 Å². The van der Waals surface area contributed by atoms with E-state index in [0.717, 1.165) is 22.9 Å². The number of aryl methyl sites for hydroxylation is 1. The molecule has 0 bridgehead atoms. The van der Waals surface area contributed by atoms with Crippen molar-refractivity contribution in [3.8, 4) is 0 Å². The van der Waals surface area contributed by atoms with E-state index >= 15 is 0 Å². The molecule has 1 aromatic carbocycles. The minimum Gasteiger partial charge on any atom is -0.270 e. The molecule has 1 heterocycles. The lowest BCUT2D eigenvalue weighted by atomic mass is 10.2. The van der Waals surface area contributed by atoms with Crippen LogP contribution < -0.4 is 4.72 Å². The van der Waals surface area contributed by atoms with Gasteiger partial charge in [0.25, 0.3) is 0 Å². The maximum absolute atomic E-state index is 12.1. The standard InChI is InChI=1S/C11H15BrN2O2S/c1-9-5-4-6-10(11(9)12)13-17(15,16)14-7-2-3-8-14/h4-6,13H,2-3,7-8H2,1H3. The Balaban J connectivity index is 2.23. The fraction of sp³-hybridized carbons (Fsp3) is 0.455. The van der Waals surface area contributed by atoms with Crippen molar-refractivity contribution in [3.63, 3.8) is 0 Å². The quantitative estimate of drug-likeness (QED) is 0.931. The zero-order chi connectivity index (χ0) is 12.5. The summed E-state index contributed by atoms with van der Waals surface area (Å²) in [7, 11) is -3.40. The molecule has 0 saturated carbocycles. The van der Waals surface area contributed by atoms with Crippen LogP contribution in [0.1, 0.15) is 18.4 Å². The predicted molar refractivity (Wildman–Crippen MR) is 72.2 cm³/mol. The molecule has 1 aliphatic heterocycles. The summed E-state index contributed by atoms with van der Waals surface area (Å²) in [6.07, 6.45) is 1.88. The minimum absolute atomic E-state index is 0.594. The van der Waals surface area contributed by atoms with Crippen LogP contribution >= 0.6 is 15.9 Å². The van der Waals surface area contributed by atoms with Crippen LogP contribution in [0.25, 0.3) is 0 Å². The average Bonchev–Trinajstić information content (AvgIpc) is 2.78. The number of benzene rings is 1. The molecule has 2 rings (SSSR count). The molecule has 0 spiro atoms. The Kier molecular flexibility index (Phi) is 3.75. The number of halogens is 1. The Labute approximate surface area is 110 Å². The van der Waals surface area contributed by atoms with E-state index in [9.17, 15) is 8.42 Å². The van der Waals surface area contributed by atoms with Crippen LogP contribution in [0.3, 0.4) is 0 Å². The zero-order valence-corrected chi connectivity index (χ0v) is 12.0. The van der Waals surface area contributed by atoms with Crippen molar-refractivity contribution < 1.29 is 8.42 Å². The molecule has 1 aliphatic rings. The van der Waals surface area contributed by atoms with Gasteiger partial charge in [0.05, 0.1) is 5.69 Å². The van der Waals surface area contributed by atoms with Crippen molar-refractivity contribution in [3.05, 3.63) is 28.2 Å². The van der Waals surface area contributed by atoms with Crippen molar-refractivity contribution in [1.82, 2.24) is 4.31 Å². The van der Waals surface area contributed by atoms with Gasteiger partial charge in [0.2, 0.25) is 0 Å². The lowest BCUT2D eigenvalue weighted by Crippen LogP contribution is -2.33. The van der Waals surface area contributed by atoms with E-state index < -0.39 is 10.2 Å². The van der Waals surface area contributed by atoms with E-state index in [1.54, 1.807) is 6.07 Å². The molecular formula is C11H15BrN2O2S. The van der Waals surface area contributed by atoms with Crippen LogP contribution in [0.2, 0.25) is 0 Å². The normalized spacial score (nSPS) is 17.3. The van der Waals surface area contributed by atoms with Gasteiger partial charge in [0, 0.05) is 17.6 Å². The van der Waals surface area contributed by atoms with Gasteiger partial charge in [-0.05, 0) is 47.3 Å². The highest BCUT2D eigenvalue weighted by Gasteiger charge is 2.25. The van der Waals surface area contributed by atoms with Gasteiger partial charge in [-0.1, -0.05) is 12.1 Å². The molecular weight excluding hydrogens is 304 g/mol. The third-order valence-corrected chi connectivity index (χ3v) is 5.41. The summed E-state index contributed by atoms with van der Waals surface area (Å²) < 4.78 is 29.0. The molecule has 6 heteroatoms. The van der Waals surface area contributed by atoms with E-state index in [1.165, 1.54) is 4.31 Å². The highest BCUT2D eigenvalue weighted by molar-refractivity contribution is 9.10. The third-order valence-electron chi connectivity index (χ3n) is 2.84. The Morgan fingerprint density at radius 1 is 1.29 bits per heavy atom. The maximum atomic E-state index is 12.1. The molecule has 1 fully saturated rings. The summed E-state index contributed by atoms with van der Waals surface area (Å²) in [4.78, 5) is 0. The van der Waals surface area contributed by atoms with Crippen LogP contribution in [0, 0.1) is 6.92 Å². The van der Waals surface area contributed by atoms with Crippen LogP contribution in [0.4, 0.5) is 5.69 Å². The minimum atomic E-state index is -3.40. The molecule has 0 radical (unpaired) electrons. The van der Waals surface area contributed by atoms with E-state index in [0.29, 0.717) is 18.8 Å². The van der Waals surface area contributed by atoms with Crippen molar-refractivity contribution in [2.75, 3.05) is 17.8 Å². The molecule has 0 atom stereocenters. The fourth-order valence-corrected chi connectivity index (χ4v) is 3.67. The molecule has 0 aliphatic carbocycles. The summed E-state index contributed by atoms with van der Waals surface area (Å²) in [6.45, 7) is 3.15. The second-order valence-electron chi connectivity index (χ2n) is 4.15. The van der Waals surface area contributed by atoms with Crippen LogP contribution in [-0.4, -0.2) is 25.8 Å². The zero-order valence-electron chi connectivity index (χ0n) is 9.61. The Morgan fingerprint density at radius 2 is 1.94 bits per heavy atom. The van der Waals surface area contributed by atoms with E-state index in [1.807, 2.05) is 19.1 Å². The van der Waals surface area contributed by atoms with Gasteiger partial charge in [0.1, 0.15) is 0 Å². The first-order valence-corrected chi connectivity index (χ1v) is 7.77.